The first kappa shape index (κ1) is 17.6. The Morgan fingerprint density at radius 1 is 1.42 bits per heavy atom. The minimum Gasteiger partial charge on any atom is -0.480 e. The zero-order valence-electron chi connectivity index (χ0n) is 13.3. The molecule has 2 rings (SSSR count). The van der Waals surface area contributed by atoms with Gasteiger partial charge in [-0.1, -0.05) is 12.1 Å². The first-order valence-corrected chi connectivity index (χ1v) is 7.36. The van der Waals surface area contributed by atoms with Crippen molar-refractivity contribution in [2.24, 2.45) is 5.73 Å². The smallest absolute Gasteiger partial charge is 0.322 e. The summed E-state index contributed by atoms with van der Waals surface area (Å²) >= 11 is 0. The molecule has 2 aromatic rings. The molecule has 0 saturated carbocycles. The monoisotopic (exact) mass is 335 g/mol. The maximum absolute atomic E-state index is 13.9. The highest BCUT2D eigenvalue weighted by molar-refractivity contribution is 5.96. The van der Waals surface area contributed by atoms with E-state index in [4.69, 9.17) is 15.4 Å². The quantitative estimate of drug-likeness (QED) is 0.736. The molecule has 0 fully saturated rings. The number of amides is 1. The summed E-state index contributed by atoms with van der Waals surface area (Å²) in [6.45, 7) is 3.34. The Balaban J connectivity index is 2.30. The van der Waals surface area contributed by atoms with E-state index in [0.29, 0.717) is 29.0 Å². The van der Waals surface area contributed by atoms with Crippen LogP contribution in [-0.2, 0) is 11.2 Å². The van der Waals surface area contributed by atoms with Crippen molar-refractivity contribution in [1.82, 2.24) is 10.5 Å². The van der Waals surface area contributed by atoms with E-state index in [1.54, 1.807) is 6.92 Å². The van der Waals surface area contributed by atoms with Gasteiger partial charge < -0.3 is 20.7 Å². The summed E-state index contributed by atoms with van der Waals surface area (Å²) in [6, 6.07) is 2.63. The van der Waals surface area contributed by atoms with Crippen LogP contribution in [0.4, 0.5) is 4.39 Å². The summed E-state index contributed by atoms with van der Waals surface area (Å²) < 4.78 is 19.1. The molecule has 1 aromatic heterocycles. The third kappa shape index (κ3) is 3.77. The second kappa shape index (κ2) is 7.22. The maximum atomic E-state index is 13.9. The molecule has 1 amide bonds. The van der Waals surface area contributed by atoms with E-state index in [0.717, 1.165) is 6.07 Å². The number of carboxylic acid groups (broad SMARTS) is 1. The van der Waals surface area contributed by atoms with Gasteiger partial charge in [-0.05, 0) is 37.1 Å². The summed E-state index contributed by atoms with van der Waals surface area (Å²) in [5.74, 6) is -1.91. The molecular weight excluding hydrogens is 317 g/mol. The molecule has 8 heteroatoms. The Labute approximate surface area is 137 Å². The molecule has 0 aliphatic rings. The van der Waals surface area contributed by atoms with Crippen molar-refractivity contribution in [2.75, 3.05) is 6.54 Å². The van der Waals surface area contributed by atoms with E-state index in [9.17, 15) is 14.0 Å². The number of halogens is 1. The van der Waals surface area contributed by atoms with Gasteiger partial charge in [-0.2, -0.15) is 0 Å². The lowest BCUT2D eigenvalue weighted by Crippen LogP contribution is -2.42. The van der Waals surface area contributed by atoms with Crippen molar-refractivity contribution in [3.63, 3.8) is 0 Å². The van der Waals surface area contributed by atoms with Gasteiger partial charge >= 0.3 is 5.97 Å². The lowest BCUT2D eigenvalue weighted by atomic mass is 10.00. The third-order valence-corrected chi connectivity index (χ3v) is 3.52. The van der Waals surface area contributed by atoms with E-state index >= 15 is 0 Å². The van der Waals surface area contributed by atoms with E-state index in [1.807, 2.05) is 6.92 Å². The number of rotatable bonds is 6. The lowest BCUT2D eigenvalue weighted by Gasteiger charge is -2.10. The molecule has 0 saturated heterocycles. The zero-order chi connectivity index (χ0) is 17.9. The van der Waals surface area contributed by atoms with Crippen LogP contribution in [0, 0.1) is 12.7 Å². The number of carbonyl (C=O) groups excluding carboxylic acids is 1. The number of aryl methyl sites for hydroxylation is 2. The topological polar surface area (TPSA) is 118 Å². The number of hydrogen-bond acceptors (Lipinski definition) is 5. The van der Waals surface area contributed by atoms with Gasteiger partial charge in [-0.3, -0.25) is 9.59 Å². The molecule has 4 N–H and O–H groups in total. The van der Waals surface area contributed by atoms with Crippen molar-refractivity contribution in [2.45, 2.75) is 26.3 Å². The fraction of sp³-hybridized carbons (Fsp3) is 0.312. The van der Waals surface area contributed by atoms with E-state index < -0.39 is 23.7 Å². The molecular formula is C16H18FN3O4. The van der Waals surface area contributed by atoms with Crippen molar-refractivity contribution in [3.05, 3.63) is 41.0 Å². The normalized spacial score (nSPS) is 12.0. The molecule has 0 bridgehead atoms. The predicted molar refractivity (Wildman–Crippen MR) is 84.0 cm³/mol. The molecule has 0 spiro atoms. The molecule has 0 unspecified atom stereocenters. The minimum absolute atomic E-state index is 0.0604. The summed E-state index contributed by atoms with van der Waals surface area (Å²) in [6.07, 6.45) is 0.595. The minimum atomic E-state index is -1.23. The van der Waals surface area contributed by atoms with Crippen molar-refractivity contribution in [3.8, 4) is 11.1 Å². The average Bonchev–Trinajstić information content (AvgIpc) is 2.92. The van der Waals surface area contributed by atoms with Crippen LogP contribution in [-0.4, -0.2) is 34.7 Å². The maximum Gasteiger partial charge on any atom is 0.322 e. The van der Waals surface area contributed by atoms with Crippen LogP contribution in [0.1, 0.15) is 28.7 Å². The third-order valence-electron chi connectivity index (χ3n) is 3.52. The second-order valence-electron chi connectivity index (χ2n) is 5.30. The number of benzene rings is 1. The number of nitrogens with zero attached hydrogens (tertiary/aromatic N) is 1. The van der Waals surface area contributed by atoms with Gasteiger partial charge in [0.15, 0.2) is 0 Å². The summed E-state index contributed by atoms with van der Waals surface area (Å²) in [5.41, 5.74) is 7.17. The van der Waals surface area contributed by atoms with Crippen LogP contribution in [0.15, 0.2) is 22.7 Å². The van der Waals surface area contributed by atoms with Gasteiger partial charge in [0.1, 0.15) is 17.6 Å². The highest BCUT2D eigenvalue weighted by Gasteiger charge is 2.18. The van der Waals surface area contributed by atoms with Gasteiger partial charge in [0.25, 0.3) is 5.91 Å². The number of aromatic nitrogens is 1. The molecule has 24 heavy (non-hydrogen) atoms. The van der Waals surface area contributed by atoms with Crippen molar-refractivity contribution in [1.29, 1.82) is 0 Å². The molecule has 1 atom stereocenters. The van der Waals surface area contributed by atoms with Gasteiger partial charge in [0.05, 0.1) is 5.69 Å². The summed E-state index contributed by atoms with van der Waals surface area (Å²) in [4.78, 5) is 22.8. The molecule has 1 aromatic carbocycles. The predicted octanol–water partition coefficient (Wildman–Crippen LogP) is 1.49. The molecule has 0 aliphatic carbocycles. The van der Waals surface area contributed by atoms with Gasteiger partial charge in [0.2, 0.25) is 0 Å². The number of carboxylic acids is 1. The van der Waals surface area contributed by atoms with Crippen LogP contribution in [0.5, 0.6) is 0 Å². The SMILES string of the molecule is CCc1noc(C)c1-c1cc(F)cc(C(=O)NC[C@@H](N)C(=O)O)c1. The molecule has 0 radical (unpaired) electrons. The zero-order valence-corrected chi connectivity index (χ0v) is 13.3. The fourth-order valence-electron chi connectivity index (χ4n) is 2.29. The highest BCUT2D eigenvalue weighted by Crippen LogP contribution is 2.29. The molecule has 7 nitrogen and oxygen atoms in total. The van der Waals surface area contributed by atoms with E-state index in [-0.39, 0.29) is 12.1 Å². The number of nitrogens with two attached hydrogens (primary N) is 1. The standard InChI is InChI=1S/C16H18FN3O4/c1-3-13-14(8(2)24-20-13)9-4-10(6-11(17)5-9)15(21)19-7-12(18)16(22)23/h4-6,12H,3,7,18H2,1-2H3,(H,19,21)(H,22,23)/t12-/m1/s1. The van der Waals surface area contributed by atoms with Crippen LogP contribution in [0.2, 0.25) is 0 Å². The second-order valence-corrected chi connectivity index (χ2v) is 5.30. The van der Waals surface area contributed by atoms with Crippen molar-refractivity contribution < 1.29 is 23.6 Å². The van der Waals surface area contributed by atoms with E-state index in [2.05, 4.69) is 10.5 Å². The molecule has 1 heterocycles. The Kier molecular flexibility index (Phi) is 5.30. The van der Waals surface area contributed by atoms with Crippen molar-refractivity contribution >= 4 is 11.9 Å². The summed E-state index contributed by atoms with van der Waals surface area (Å²) in [7, 11) is 0. The summed E-state index contributed by atoms with van der Waals surface area (Å²) in [5, 5.41) is 15.0. The van der Waals surface area contributed by atoms with Crippen LogP contribution >= 0.6 is 0 Å². The fourth-order valence-corrected chi connectivity index (χ4v) is 2.29. The van der Waals surface area contributed by atoms with Gasteiger partial charge in [-0.15, -0.1) is 0 Å². The number of aliphatic carboxylic acids is 1. The van der Waals surface area contributed by atoms with Gasteiger partial charge in [-0.25, -0.2) is 4.39 Å². The molecule has 0 aliphatic heterocycles. The lowest BCUT2D eigenvalue weighted by molar-refractivity contribution is -0.138. The van der Waals surface area contributed by atoms with Gasteiger partial charge in [0, 0.05) is 17.7 Å². The van der Waals surface area contributed by atoms with Crippen LogP contribution in [0.25, 0.3) is 11.1 Å². The first-order valence-electron chi connectivity index (χ1n) is 7.36. The molecule has 128 valence electrons. The Hall–Kier alpha value is -2.74. The first-order chi connectivity index (χ1) is 11.3. The van der Waals surface area contributed by atoms with Crippen LogP contribution in [0.3, 0.4) is 0 Å². The Morgan fingerprint density at radius 3 is 2.75 bits per heavy atom. The largest absolute Gasteiger partial charge is 0.480 e. The average molecular weight is 335 g/mol. The van der Waals surface area contributed by atoms with Crippen LogP contribution < -0.4 is 11.1 Å². The highest BCUT2D eigenvalue weighted by atomic mass is 19.1. The number of nitrogens with one attached hydrogen (secondary N) is 1. The number of carbonyl (C=O) groups is 2. The van der Waals surface area contributed by atoms with E-state index in [1.165, 1.54) is 12.1 Å². The Morgan fingerprint density at radius 2 is 2.12 bits per heavy atom. The Bertz CT molecular complexity index is 773. The number of hydrogen-bond donors (Lipinski definition) is 3.